The Morgan fingerprint density at radius 2 is 1.45 bits per heavy atom. The number of hydrogen-bond donors (Lipinski definition) is 1. The highest BCUT2D eigenvalue weighted by Crippen LogP contribution is 2.44. The summed E-state index contributed by atoms with van der Waals surface area (Å²) in [6, 6.07) is 0. The summed E-state index contributed by atoms with van der Waals surface area (Å²) < 4.78 is 0. The Kier molecular flexibility index (Phi) is 7.41. The topological polar surface area (TPSA) is 20.2 Å². The summed E-state index contributed by atoms with van der Waals surface area (Å²) in [5.74, 6) is 2.81. The molecular weight excluding hydrogens is 244 g/mol. The molecule has 20 heavy (non-hydrogen) atoms. The minimum Gasteiger partial charge on any atom is -0.393 e. The molecule has 1 nitrogen and oxygen atoms in total. The zero-order valence-electron chi connectivity index (χ0n) is 13.7. The summed E-state index contributed by atoms with van der Waals surface area (Å²) in [7, 11) is 0. The minimum absolute atomic E-state index is 0.0218. The Balaban J connectivity index is 1.53. The maximum Gasteiger partial charge on any atom is 0.0543 e. The quantitative estimate of drug-likeness (QED) is 0.565. The Morgan fingerprint density at radius 3 is 2.25 bits per heavy atom. The van der Waals surface area contributed by atoms with Gasteiger partial charge in [-0.15, -0.1) is 0 Å². The molecule has 0 aromatic heterocycles. The van der Waals surface area contributed by atoms with Crippen LogP contribution in [0.25, 0.3) is 0 Å². The average Bonchev–Trinajstić information content (AvgIpc) is 2.46. The van der Waals surface area contributed by atoms with Crippen LogP contribution in [-0.2, 0) is 0 Å². The normalized spacial score (nSPS) is 33.9. The zero-order chi connectivity index (χ0) is 14.2. The fourth-order valence-electron chi connectivity index (χ4n) is 4.62. The van der Waals surface area contributed by atoms with Gasteiger partial charge in [-0.05, 0) is 49.9 Å². The largest absolute Gasteiger partial charge is 0.393 e. The van der Waals surface area contributed by atoms with Gasteiger partial charge in [-0.1, -0.05) is 64.7 Å². The molecule has 0 spiro atoms. The average molecular weight is 280 g/mol. The van der Waals surface area contributed by atoms with Crippen LogP contribution in [0.1, 0.15) is 96.8 Å². The third-order valence-electron chi connectivity index (χ3n) is 5.91. The van der Waals surface area contributed by atoms with E-state index in [-0.39, 0.29) is 6.10 Å². The van der Waals surface area contributed by atoms with E-state index >= 15 is 0 Å². The number of aliphatic hydroxyl groups excluding tert-OH is 1. The van der Waals surface area contributed by atoms with E-state index in [1.54, 1.807) is 0 Å². The van der Waals surface area contributed by atoms with Crippen LogP contribution >= 0.6 is 0 Å². The molecule has 0 aromatic rings. The minimum atomic E-state index is 0.0218. The van der Waals surface area contributed by atoms with Gasteiger partial charge in [0.2, 0.25) is 0 Å². The fraction of sp³-hybridized carbons (Fsp3) is 1.00. The van der Waals surface area contributed by atoms with Gasteiger partial charge in [-0.2, -0.15) is 0 Å². The highest BCUT2D eigenvalue weighted by molar-refractivity contribution is 4.86. The van der Waals surface area contributed by atoms with Crippen molar-refractivity contribution in [3.63, 3.8) is 0 Å². The SMILES string of the molecule is CCCCCCCCCC1CCC2CCC(O)CC2C1. The Bertz CT molecular complexity index is 250. The Labute approximate surface area is 126 Å². The van der Waals surface area contributed by atoms with Crippen molar-refractivity contribution in [2.45, 2.75) is 103 Å². The molecule has 0 bridgehead atoms. The second-order valence-electron chi connectivity index (χ2n) is 7.58. The van der Waals surface area contributed by atoms with Crippen LogP contribution in [0.15, 0.2) is 0 Å². The molecular formula is C19H36O. The molecule has 0 amide bonds. The van der Waals surface area contributed by atoms with Crippen LogP contribution in [0.4, 0.5) is 0 Å². The molecule has 0 aliphatic heterocycles. The molecule has 118 valence electrons. The van der Waals surface area contributed by atoms with Gasteiger partial charge >= 0.3 is 0 Å². The predicted molar refractivity (Wildman–Crippen MR) is 86.8 cm³/mol. The molecule has 2 fully saturated rings. The predicted octanol–water partition coefficient (Wildman–Crippen LogP) is 5.70. The van der Waals surface area contributed by atoms with Gasteiger partial charge in [0.15, 0.2) is 0 Å². The van der Waals surface area contributed by atoms with E-state index in [9.17, 15) is 5.11 Å². The van der Waals surface area contributed by atoms with E-state index in [2.05, 4.69) is 6.92 Å². The summed E-state index contributed by atoms with van der Waals surface area (Å²) in [6.45, 7) is 2.29. The van der Waals surface area contributed by atoms with E-state index < -0.39 is 0 Å². The third-order valence-corrected chi connectivity index (χ3v) is 5.91. The van der Waals surface area contributed by atoms with Crippen molar-refractivity contribution >= 4 is 0 Å². The van der Waals surface area contributed by atoms with Crippen molar-refractivity contribution in [2.75, 3.05) is 0 Å². The van der Waals surface area contributed by atoms with E-state index in [4.69, 9.17) is 0 Å². The summed E-state index contributed by atoms with van der Waals surface area (Å²) in [5, 5.41) is 9.85. The highest BCUT2D eigenvalue weighted by atomic mass is 16.3. The molecule has 4 unspecified atom stereocenters. The van der Waals surface area contributed by atoms with Gasteiger partial charge in [0.1, 0.15) is 0 Å². The first-order chi connectivity index (χ1) is 9.79. The van der Waals surface area contributed by atoms with Crippen LogP contribution in [0.2, 0.25) is 0 Å². The Hall–Kier alpha value is -0.0400. The molecule has 2 aliphatic rings. The van der Waals surface area contributed by atoms with Crippen LogP contribution < -0.4 is 0 Å². The van der Waals surface area contributed by atoms with Crippen molar-refractivity contribution in [3.8, 4) is 0 Å². The molecule has 2 rings (SSSR count). The zero-order valence-corrected chi connectivity index (χ0v) is 13.7. The van der Waals surface area contributed by atoms with E-state index in [0.717, 1.165) is 30.6 Å². The van der Waals surface area contributed by atoms with E-state index in [0.29, 0.717) is 0 Å². The molecule has 1 N–H and O–H groups in total. The molecule has 0 saturated heterocycles. The number of unbranched alkanes of at least 4 members (excludes halogenated alkanes) is 6. The number of rotatable bonds is 8. The lowest BCUT2D eigenvalue weighted by Gasteiger charge is -2.41. The summed E-state index contributed by atoms with van der Waals surface area (Å²) >= 11 is 0. The number of aliphatic hydroxyl groups is 1. The first-order valence-corrected chi connectivity index (χ1v) is 9.47. The van der Waals surface area contributed by atoms with Crippen molar-refractivity contribution in [1.29, 1.82) is 0 Å². The molecule has 0 heterocycles. The number of fused-ring (bicyclic) bond motifs is 1. The van der Waals surface area contributed by atoms with Crippen molar-refractivity contribution in [2.24, 2.45) is 17.8 Å². The smallest absolute Gasteiger partial charge is 0.0543 e. The highest BCUT2D eigenvalue weighted by Gasteiger charge is 2.34. The molecule has 2 saturated carbocycles. The van der Waals surface area contributed by atoms with Crippen LogP contribution in [0, 0.1) is 17.8 Å². The van der Waals surface area contributed by atoms with Crippen LogP contribution in [-0.4, -0.2) is 11.2 Å². The summed E-state index contributed by atoms with van der Waals surface area (Å²) in [6.07, 6.45) is 19.4. The van der Waals surface area contributed by atoms with Gasteiger partial charge in [-0.25, -0.2) is 0 Å². The standard InChI is InChI=1S/C19H36O/c1-2-3-4-5-6-7-8-9-16-10-11-17-12-13-19(20)15-18(17)14-16/h16-20H,2-15H2,1H3. The third kappa shape index (κ3) is 5.39. The lowest BCUT2D eigenvalue weighted by atomic mass is 9.66. The summed E-state index contributed by atoms with van der Waals surface area (Å²) in [4.78, 5) is 0. The van der Waals surface area contributed by atoms with Crippen molar-refractivity contribution in [1.82, 2.24) is 0 Å². The molecule has 0 radical (unpaired) electrons. The second-order valence-corrected chi connectivity index (χ2v) is 7.58. The van der Waals surface area contributed by atoms with E-state index in [1.807, 2.05) is 0 Å². The molecule has 2 aliphatic carbocycles. The molecule has 4 atom stereocenters. The van der Waals surface area contributed by atoms with Crippen molar-refractivity contribution in [3.05, 3.63) is 0 Å². The van der Waals surface area contributed by atoms with Crippen molar-refractivity contribution < 1.29 is 5.11 Å². The fourth-order valence-corrected chi connectivity index (χ4v) is 4.62. The second kappa shape index (κ2) is 9.07. The van der Waals surface area contributed by atoms with E-state index in [1.165, 1.54) is 77.0 Å². The monoisotopic (exact) mass is 280 g/mol. The maximum atomic E-state index is 9.85. The van der Waals surface area contributed by atoms with Crippen LogP contribution in [0.3, 0.4) is 0 Å². The van der Waals surface area contributed by atoms with Gasteiger partial charge in [0.25, 0.3) is 0 Å². The van der Waals surface area contributed by atoms with Gasteiger partial charge in [0.05, 0.1) is 6.10 Å². The first-order valence-electron chi connectivity index (χ1n) is 9.47. The lowest BCUT2D eigenvalue weighted by molar-refractivity contribution is 0.0331. The van der Waals surface area contributed by atoms with Gasteiger partial charge in [-0.3, -0.25) is 0 Å². The first kappa shape index (κ1) is 16.3. The van der Waals surface area contributed by atoms with Gasteiger partial charge in [0, 0.05) is 0 Å². The lowest BCUT2D eigenvalue weighted by Crippen LogP contribution is -2.33. The van der Waals surface area contributed by atoms with Gasteiger partial charge < -0.3 is 5.11 Å². The van der Waals surface area contributed by atoms with Crippen LogP contribution in [0.5, 0.6) is 0 Å². The maximum absolute atomic E-state index is 9.85. The number of hydrogen-bond acceptors (Lipinski definition) is 1. The summed E-state index contributed by atoms with van der Waals surface area (Å²) in [5.41, 5.74) is 0. The molecule has 1 heteroatoms. The Morgan fingerprint density at radius 1 is 0.750 bits per heavy atom. The molecule has 0 aromatic carbocycles.